The van der Waals surface area contributed by atoms with E-state index in [1.165, 1.54) is 11.6 Å². The van der Waals surface area contributed by atoms with Gasteiger partial charge in [-0.1, -0.05) is 57.7 Å². The largest absolute Gasteiger partial charge is 0.573 e. The average molecular weight is 492 g/mol. The summed E-state index contributed by atoms with van der Waals surface area (Å²) in [4.78, 5) is 23.4. The topological polar surface area (TPSA) is 55.4 Å². The Morgan fingerprint density at radius 2 is 1.62 bits per heavy atom. The van der Waals surface area contributed by atoms with Crippen molar-refractivity contribution < 1.29 is 27.5 Å². The van der Waals surface area contributed by atoms with Gasteiger partial charge in [0.1, 0.15) is 5.75 Å². The Morgan fingerprint density at radius 3 is 2.18 bits per heavy atom. The lowest BCUT2D eigenvalue weighted by Crippen LogP contribution is -2.34. The summed E-state index contributed by atoms with van der Waals surface area (Å²) in [5.74, 6) is -0.747. The summed E-state index contributed by atoms with van der Waals surface area (Å²) in [6.45, 7) is 10.7. The smallest absolute Gasteiger partial charge is 0.405 e. The average Bonchev–Trinajstić information content (AvgIpc) is 3.01. The number of halogens is 3. The lowest BCUT2D eigenvalue weighted by Gasteiger charge is -2.42. The van der Waals surface area contributed by atoms with Crippen LogP contribution in [0.25, 0.3) is 11.1 Å². The number of hydrogen-bond acceptors (Lipinski definition) is 4. The van der Waals surface area contributed by atoms with Crippen LogP contribution in [0.15, 0.2) is 30.3 Å². The first-order valence-corrected chi connectivity index (χ1v) is 12.1. The lowest BCUT2D eigenvalue weighted by molar-refractivity contribution is -0.274. The summed E-state index contributed by atoms with van der Waals surface area (Å²) in [5, 5.41) is 1.08. The Kier molecular flexibility index (Phi) is 6.03. The summed E-state index contributed by atoms with van der Waals surface area (Å²) < 4.78 is 44.5. The number of imide groups is 1. The third kappa shape index (κ3) is 4.83. The molecule has 0 radical (unpaired) electrons. The van der Waals surface area contributed by atoms with Crippen molar-refractivity contribution in [2.24, 2.45) is 0 Å². The molecule has 1 aliphatic carbocycles. The van der Waals surface area contributed by atoms with Gasteiger partial charge in [0, 0.05) is 5.56 Å². The SMILES string of the molecule is Cc1cc2c(cc1-c1ccc(CC3SC(=O)NC3=O)cc1OC(F)(F)F)C(C)(C)CCC2(C)C. The van der Waals surface area contributed by atoms with E-state index in [0.717, 1.165) is 35.7 Å². The van der Waals surface area contributed by atoms with Gasteiger partial charge in [0.05, 0.1) is 5.25 Å². The quantitative estimate of drug-likeness (QED) is 0.511. The zero-order valence-corrected chi connectivity index (χ0v) is 20.7. The van der Waals surface area contributed by atoms with Crippen molar-refractivity contribution in [1.82, 2.24) is 5.32 Å². The maximum atomic E-state index is 13.4. The molecule has 1 unspecified atom stereocenters. The molecule has 2 aromatic rings. The number of carbonyl (C=O) groups excluding carboxylic acids is 2. The van der Waals surface area contributed by atoms with Crippen LogP contribution in [0.5, 0.6) is 5.75 Å². The van der Waals surface area contributed by atoms with Crippen LogP contribution in [0, 0.1) is 6.92 Å². The van der Waals surface area contributed by atoms with Crippen LogP contribution in [0.2, 0.25) is 0 Å². The van der Waals surface area contributed by atoms with Crippen molar-refractivity contribution in [3.63, 3.8) is 0 Å². The molecule has 4 rings (SSSR count). The molecule has 8 heteroatoms. The highest BCUT2D eigenvalue weighted by Gasteiger charge is 2.38. The number of alkyl halides is 3. The van der Waals surface area contributed by atoms with Gasteiger partial charge in [-0.3, -0.25) is 14.9 Å². The highest BCUT2D eigenvalue weighted by atomic mass is 32.2. The minimum Gasteiger partial charge on any atom is -0.405 e. The summed E-state index contributed by atoms with van der Waals surface area (Å²) >= 11 is 0.843. The highest BCUT2D eigenvalue weighted by molar-refractivity contribution is 8.15. The molecule has 182 valence electrons. The normalized spacial score (nSPS) is 21.2. The van der Waals surface area contributed by atoms with Crippen molar-refractivity contribution in [2.45, 2.75) is 76.3 Å². The Labute approximate surface area is 201 Å². The number of ether oxygens (including phenoxy) is 1. The minimum absolute atomic E-state index is 0.0136. The van der Waals surface area contributed by atoms with E-state index in [2.05, 4.69) is 43.8 Å². The van der Waals surface area contributed by atoms with E-state index < -0.39 is 22.8 Å². The molecule has 1 fully saturated rings. The molecule has 0 aromatic heterocycles. The van der Waals surface area contributed by atoms with E-state index in [9.17, 15) is 22.8 Å². The number of fused-ring (bicyclic) bond motifs is 1. The van der Waals surface area contributed by atoms with E-state index in [1.807, 2.05) is 13.0 Å². The first kappa shape index (κ1) is 24.6. The molecule has 2 aromatic carbocycles. The number of amides is 2. The maximum Gasteiger partial charge on any atom is 0.573 e. The molecule has 1 atom stereocenters. The molecular weight excluding hydrogens is 463 g/mol. The zero-order valence-electron chi connectivity index (χ0n) is 19.9. The predicted molar refractivity (Wildman–Crippen MR) is 127 cm³/mol. The predicted octanol–water partition coefficient (Wildman–Crippen LogP) is 6.80. The van der Waals surface area contributed by atoms with Gasteiger partial charge in [-0.15, -0.1) is 13.2 Å². The number of thioether (sulfide) groups is 1. The highest BCUT2D eigenvalue weighted by Crippen LogP contribution is 2.48. The third-order valence-corrected chi connectivity index (χ3v) is 7.93. The van der Waals surface area contributed by atoms with Crippen LogP contribution in [0.1, 0.15) is 62.8 Å². The second kappa shape index (κ2) is 8.33. The monoisotopic (exact) mass is 491 g/mol. The first-order chi connectivity index (χ1) is 15.7. The molecular formula is C26H28F3NO3S. The molecule has 2 amide bonds. The van der Waals surface area contributed by atoms with Gasteiger partial charge in [0.25, 0.3) is 5.24 Å². The summed E-state index contributed by atoms with van der Waals surface area (Å²) in [7, 11) is 0. The molecule has 4 nitrogen and oxygen atoms in total. The second-order valence-corrected chi connectivity index (χ2v) is 11.6. The number of benzene rings is 2. The van der Waals surface area contributed by atoms with Gasteiger partial charge in [-0.25, -0.2) is 0 Å². The van der Waals surface area contributed by atoms with Gasteiger partial charge in [-0.2, -0.15) is 0 Å². The van der Waals surface area contributed by atoms with E-state index in [1.54, 1.807) is 12.1 Å². The Hall–Kier alpha value is -2.48. The van der Waals surface area contributed by atoms with E-state index in [-0.39, 0.29) is 23.0 Å². The van der Waals surface area contributed by atoms with Crippen molar-refractivity contribution in [3.05, 3.63) is 52.6 Å². The molecule has 0 saturated carbocycles. The van der Waals surface area contributed by atoms with Gasteiger partial charge >= 0.3 is 6.36 Å². The standard InChI is InChI=1S/C26H28F3NO3S/c1-14-10-18-19(25(4,5)9-8-24(18,2)3)13-17(14)16-7-6-15(11-20(16)33-26(27,28)29)12-21-22(31)30-23(32)34-21/h6-7,10-11,13,21H,8-9,12H2,1-5H3,(H,30,31,32). The molecule has 34 heavy (non-hydrogen) atoms. The van der Waals surface area contributed by atoms with Crippen LogP contribution >= 0.6 is 11.8 Å². The van der Waals surface area contributed by atoms with Crippen LogP contribution in [0.4, 0.5) is 18.0 Å². The fraction of sp³-hybridized carbons (Fsp3) is 0.462. The van der Waals surface area contributed by atoms with Crippen molar-refractivity contribution in [3.8, 4) is 16.9 Å². The van der Waals surface area contributed by atoms with Crippen LogP contribution in [-0.4, -0.2) is 22.8 Å². The summed E-state index contributed by atoms with van der Waals surface area (Å²) in [5.41, 5.74) is 4.66. The van der Waals surface area contributed by atoms with E-state index in [4.69, 9.17) is 0 Å². The molecule has 0 bridgehead atoms. The number of rotatable bonds is 4. The minimum atomic E-state index is -4.87. The summed E-state index contributed by atoms with van der Waals surface area (Å²) in [6, 6.07) is 8.76. The van der Waals surface area contributed by atoms with Crippen LogP contribution in [0.3, 0.4) is 0 Å². The fourth-order valence-corrected chi connectivity index (χ4v) is 5.74. The van der Waals surface area contributed by atoms with E-state index >= 15 is 0 Å². The fourth-order valence-electron chi connectivity index (χ4n) is 4.88. The van der Waals surface area contributed by atoms with Crippen molar-refractivity contribution >= 4 is 22.9 Å². The second-order valence-electron chi connectivity index (χ2n) is 10.4. The van der Waals surface area contributed by atoms with Crippen molar-refractivity contribution in [2.75, 3.05) is 0 Å². The van der Waals surface area contributed by atoms with Gasteiger partial charge < -0.3 is 4.74 Å². The van der Waals surface area contributed by atoms with Crippen molar-refractivity contribution in [1.29, 1.82) is 0 Å². The lowest BCUT2D eigenvalue weighted by atomic mass is 9.62. The first-order valence-electron chi connectivity index (χ1n) is 11.2. The Morgan fingerprint density at radius 1 is 1.00 bits per heavy atom. The zero-order chi connectivity index (χ0) is 25.1. The molecule has 1 saturated heterocycles. The molecule has 1 aliphatic heterocycles. The van der Waals surface area contributed by atoms with Gasteiger partial charge in [0.2, 0.25) is 5.91 Å². The Bertz CT molecular complexity index is 1170. The molecule has 0 spiro atoms. The van der Waals surface area contributed by atoms with Gasteiger partial charge in [0.15, 0.2) is 0 Å². The third-order valence-electron chi connectivity index (χ3n) is 6.95. The van der Waals surface area contributed by atoms with E-state index in [0.29, 0.717) is 16.7 Å². The van der Waals surface area contributed by atoms with Crippen LogP contribution in [-0.2, 0) is 22.0 Å². The van der Waals surface area contributed by atoms with Gasteiger partial charge in [-0.05, 0) is 77.0 Å². The number of aryl methyl sites for hydroxylation is 1. The molecule has 1 N–H and O–H groups in total. The molecule has 1 heterocycles. The maximum absolute atomic E-state index is 13.4. The van der Waals surface area contributed by atoms with Crippen LogP contribution < -0.4 is 10.1 Å². The number of nitrogens with one attached hydrogen (secondary N) is 1. The molecule has 2 aliphatic rings. The number of hydrogen-bond donors (Lipinski definition) is 1. The number of carbonyl (C=O) groups is 2. The Balaban J connectivity index is 1.81. The summed E-state index contributed by atoms with van der Waals surface area (Å²) in [6.07, 6.45) is -2.72.